The largest absolute Gasteiger partial charge is 0.392 e. The van der Waals surface area contributed by atoms with Crippen LogP contribution in [0.3, 0.4) is 0 Å². The number of hydrogen-bond donors (Lipinski definition) is 4. The van der Waals surface area contributed by atoms with Crippen molar-refractivity contribution in [3.05, 3.63) is 30.2 Å². The molecular weight excluding hydrogens is 248 g/mol. The average Bonchev–Trinajstić information content (AvgIpc) is 2.95. The number of aliphatic hydroxyl groups is 3. The molecule has 2 atom stereocenters. The van der Waals surface area contributed by atoms with Crippen LogP contribution in [0, 0.1) is 0 Å². The van der Waals surface area contributed by atoms with Gasteiger partial charge in [0.1, 0.15) is 11.6 Å². The van der Waals surface area contributed by atoms with Gasteiger partial charge >= 0.3 is 0 Å². The Hall–Kier alpha value is -1.96. The minimum Gasteiger partial charge on any atom is -0.392 e. The summed E-state index contributed by atoms with van der Waals surface area (Å²) < 4.78 is 1.46. The molecule has 0 fully saturated rings. The number of imidazole rings is 1. The maximum Gasteiger partial charge on any atom is 0.176 e. The van der Waals surface area contributed by atoms with Crippen molar-refractivity contribution in [3.63, 3.8) is 0 Å². The molecule has 1 aliphatic rings. The molecule has 2 aromatic rings. The molecule has 0 saturated carbocycles. The topological polar surface area (TPSA) is 117 Å². The highest BCUT2D eigenvalue weighted by molar-refractivity contribution is 5.84. The lowest BCUT2D eigenvalue weighted by atomic mass is 10.1. The van der Waals surface area contributed by atoms with Crippen molar-refractivity contribution >= 4 is 16.9 Å². The maximum atomic E-state index is 10.7. The zero-order valence-electron chi connectivity index (χ0n) is 10.1. The van der Waals surface area contributed by atoms with E-state index in [0.717, 1.165) is 0 Å². The molecule has 0 aliphatic heterocycles. The van der Waals surface area contributed by atoms with Crippen LogP contribution in [0.4, 0.5) is 5.82 Å². The second-order valence-corrected chi connectivity index (χ2v) is 4.60. The Morgan fingerprint density at radius 3 is 2.95 bits per heavy atom. The molecule has 7 nitrogen and oxygen atoms in total. The Morgan fingerprint density at radius 2 is 2.26 bits per heavy atom. The Kier molecular flexibility index (Phi) is 2.56. The molecule has 2 aromatic heterocycles. The second-order valence-electron chi connectivity index (χ2n) is 4.60. The Balaban J connectivity index is 2.13. The van der Waals surface area contributed by atoms with Crippen LogP contribution in [-0.4, -0.2) is 42.6 Å². The number of aromatic nitrogens is 3. The Bertz CT molecular complexity index is 666. The number of nitrogen functional groups attached to an aromatic ring is 1. The minimum absolute atomic E-state index is 0.192. The molecule has 100 valence electrons. The van der Waals surface area contributed by atoms with Crippen molar-refractivity contribution in [1.29, 1.82) is 0 Å². The summed E-state index contributed by atoms with van der Waals surface area (Å²) in [5.41, 5.74) is 5.61. The number of pyridine rings is 1. The van der Waals surface area contributed by atoms with E-state index in [4.69, 9.17) is 10.8 Å². The summed E-state index contributed by atoms with van der Waals surface area (Å²) >= 11 is 0. The first-order valence-electron chi connectivity index (χ1n) is 5.86. The molecule has 0 spiro atoms. The fourth-order valence-electron chi connectivity index (χ4n) is 2.45. The molecule has 5 N–H and O–H groups in total. The van der Waals surface area contributed by atoms with Crippen molar-refractivity contribution in [2.75, 3.05) is 12.3 Å². The smallest absolute Gasteiger partial charge is 0.176 e. The lowest BCUT2D eigenvalue weighted by Gasteiger charge is -2.30. The van der Waals surface area contributed by atoms with Gasteiger partial charge in [-0.05, 0) is 11.6 Å². The van der Waals surface area contributed by atoms with Crippen LogP contribution in [0.15, 0.2) is 30.2 Å². The standard InChI is InChI=1S/C12H14N4O3/c13-11-9-8(2-4-14-11)16(6-15-9)12(19)3-1-7(5-17)10(12)18/h1-2,4,6,10,17-19H,3,5H2,(H2,13,14)/t10-,12+/m1/s1. The van der Waals surface area contributed by atoms with E-state index >= 15 is 0 Å². The number of aliphatic hydroxyl groups excluding tert-OH is 2. The van der Waals surface area contributed by atoms with E-state index in [0.29, 0.717) is 16.6 Å². The molecule has 7 heteroatoms. The monoisotopic (exact) mass is 262 g/mol. The summed E-state index contributed by atoms with van der Waals surface area (Å²) in [5.74, 6) is 0.266. The normalized spacial score (nSPS) is 26.9. The highest BCUT2D eigenvalue weighted by Crippen LogP contribution is 2.36. The van der Waals surface area contributed by atoms with Gasteiger partial charge < -0.3 is 21.1 Å². The molecule has 1 aliphatic carbocycles. The first-order chi connectivity index (χ1) is 9.08. The van der Waals surface area contributed by atoms with Crippen molar-refractivity contribution in [2.24, 2.45) is 0 Å². The number of nitrogens with two attached hydrogens (primary N) is 1. The van der Waals surface area contributed by atoms with Gasteiger partial charge in [-0.15, -0.1) is 0 Å². The number of anilines is 1. The first kappa shape index (κ1) is 12.1. The van der Waals surface area contributed by atoms with Crippen LogP contribution in [0.2, 0.25) is 0 Å². The lowest BCUT2D eigenvalue weighted by Crippen LogP contribution is -2.42. The van der Waals surface area contributed by atoms with Gasteiger partial charge in [0, 0.05) is 12.6 Å². The predicted molar refractivity (Wildman–Crippen MR) is 67.9 cm³/mol. The highest BCUT2D eigenvalue weighted by atomic mass is 16.4. The third kappa shape index (κ3) is 1.56. The van der Waals surface area contributed by atoms with Crippen LogP contribution in [0.1, 0.15) is 6.42 Å². The van der Waals surface area contributed by atoms with E-state index in [1.54, 1.807) is 12.1 Å². The first-order valence-corrected chi connectivity index (χ1v) is 5.86. The second kappa shape index (κ2) is 4.02. The number of hydrogen-bond acceptors (Lipinski definition) is 6. The third-order valence-corrected chi connectivity index (χ3v) is 3.55. The summed E-state index contributed by atoms with van der Waals surface area (Å²) in [4.78, 5) is 8.04. The minimum atomic E-state index is -1.55. The number of rotatable bonds is 2. The molecule has 0 aromatic carbocycles. The third-order valence-electron chi connectivity index (χ3n) is 3.55. The zero-order valence-corrected chi connectivity index (χ0v) is 10.1. The van der Waals surface area contributed by atoms with Crippen LogP contribution < -0.4 is 5.73 Å². The average molecular weight is 262 g/mol. The van der Waals surface area contributed by atoms with Crippen molar-refractivity contribution < 1.29 is 15.3 Å². The highest BCUT2D eigenvalue weighted by Gasteiger charge is 2.43. The summed E-state index contributed by atoms with van der Waals surface area (Å²) in [6, 6.07) is 1.67. The van der Waals surface area contributed by atoms with Gasteiger partial charge in [-0.25, -0.2) is 9.97 Å². The molecule has 19 heavy (non-hydrogen) atoms. The quantitative estimate of drug-likeness (QED) is 0.534. The molecule has 3 rings (SSSR count). The van der Waals surface area contributed by atoms with Gasteiger partial charge in [-0.2, -0.15) is 0 Å². The Labute approximate surface area is 108 Å². The van der Waals surface area contributed by atoms with Gasteiger partial charge in [0.2, 0.25) is 0 Å². The van der Waals surface area contributed by atoms with E-state index in [-0.39, 0.29) is 18.8 Å². The number of nitrogens with zero attached hydrogens (tertiary/aromatic N) is 3. The lowest BCUT2D eigenvalue weighted by molar-refractivity contribution is -0.107. The molecular formula is C12H14N4O3. The van der Waals surface area contributed by atoms with Gasteiger partial charge in [0.25, 0.3) is 0 Å². The van der Waals surface area contributed by atoms with Crippen LogP contribution in [-0.2, 0) is 5.72 Å². The summed E-state index contributed by atoms with van der Waals surface area (Å²) in [7, 11) is 0. The molecule has 0 bridgehead atoms. The summed E-state index contributed by atoms with van der Waals surface area (Å²) in [6.07, 6.45) is 3.57. The van der Waals surface area contributed by atoms with Crippen LogP contribution >= 0.6 is 0 Å². The fraction of sp³-hybridized carbons (Fsp3) is 0.333. The van der Waals surface area contributed by atoms with Crippen molar-refractivity contribution in [2.45, 2.75) is 18.2 Å². The van der Waals surface area contributed by atoms with Gasteiger partial charge in [-0.3, -0.25) is 4.57 Å². The van der Waals surface area contributed by atoms with Gasteiger partial charge in [0.15, 0.2) is 11.5 Å². The molecule has 0 unspecified atom stereocenters. The van der Waals surface area contributed by atoms with E-state index in [2.05, 4.69) is 9.97 Å². The SMILES string of the molecule is Nc1nccc2c1ncn2[C@]1(O)CC=C(CO)[C@H]1O. The summed E-state index contributed by atoms with van der Waals surface area (Å²) in [6.45, 7) is -0.292. The zero-order chi connectivity index (χ0) is 13.6. The van der Waals surface area contributed by atoms with Crippen LogP contribution in [0.5, 0.6) is 0 Å². The van der Waals surface area contributed by atoms with Crippen molar-refractivity contribution in [1.82, 2.24) is 14.5 Å². The van der Waals surface area contributed by atoms with Gasteiger partial charge in [-0.1, -0.05) is 6.08 Å². The molecule has 2 heterocycles. The molecule has 0 amide bonds. The number of fused-ring (bicyclic) bond motifs is 1. The predicted octanol–water partition coefficient (Wildman–Crippen LogP) is -0.658. The fourth-order valence-corrected chi connectivity index (χ4v) is 2.45. The van der Waals surface area contributed by atoms with Gasteiger partial charge in [0.05, 0.1) is 18.5 Å². The maximum absolute atomic E-state index is 10.7. The summed E-state index contributed by atoms with van der Waals surface area (Å²) in [5, 5.41) is 29.9. The van der Waals surface area contributed by atoms with E-state index < -0.39 is 11.8 Å². The molecule has 0 radical (unpaired) electrons. The van der Waals surface area contributed by atoms with Crippen LogP contribution in [0.25, 0.3) is 11.0 Å². The van der Waals surface area contributed by atoms with E-state index in [1.807, 2.05) is 0 Å². The molecule has 0 saturated heterocycles. The van der Waals surface area contributed by atoms with E-state index in [1.165, 1.54) is 17.1 Å². The van der Waals surface area contributed by atoms with E-state index in [9.17, 15) is 10.2 Å². The van der Waals surface area contributed by atoms with Crippen molar-refractivity contribution in [3.8, 4) is 0 Å². The Morgan fingerprint density at radius 1 is 1.47 bits per heavy atom.